The van der Waals surface area contributed by atoms with Crippen LogP contribution in [0.2, 0.25) is 0 Å². The van der Waals surface area contributed by atoms with E-state index in [0.717, 1.165) is 18.4 Å². The first-order valence-corrected chi connectivity index (χ1v) is 6.38. The van der Waals surface area contributed by atoms with Crippen LogP contribution in [0.15, 0.2) is 24.3 Å². The van der Waals surface area contributed by atoms with Crippen LogP contribution in [-0.4, -0.2) is 36.3 Å². The summed E-state index contributed by atoms with van der Waals surface area (Å²) in [6, 6.07) is 6.31. The predicted octanol–water partition coefficient (Wildman–Crippen LogP) is 2.90. The minimum Gasteiger partial charge on any atom is -0.465 e. The zero-order chi connectivity index (χ0) is 13.8. The molecule has 1 N–H and O–H groups in total. The molecule has 5 heteroatoms. The van der Waals surface area contributed by atoms with Crippen LogP contribution in [0.5, 0.6) is 0 Å². The van der Waals surface area contributed by atoms with Gasteiger partial charge in [0.15, 0.2) is 0 Å². The average molecular weight is 267 g/mol. The van der Waals surface area contributed by atoms with E-state index in [-0.39, 0.29) is 17.8 Å². The largest absolute Gasteiger partial charge is 0.465 e. The van der Waals surface area contributed by atoms with E-state index in [0.29, 0.717) is 13.1 Å². The molecule has 0 bridgehead atoms. The Kier molecular flexibility index (Phi) is 4.37. The van der Waals surface area contributed by atoms with Crippen molar-refractivity contribution >= 4 is 6.09 Å². The molecule has 1 aliphatic rings. The van der Waals surface area contributed by atoms with Crippen molar-refractivity contribution in [1.82, 2.24) is 4.90 Å². The highest BCUT2D eigenvalue weighted by Crippen LogP contribution is 2.33. The summed E-state index contributed by atoms with van der Waals surface area (Å²) in [7, 11) is 1.64. The third-order valence-corrected chi connectivity index (χ3v) is 3.69. The smallest absolute Gasteiger partial charge is 0.407 e. The molecule has 0 spiro atoms. The molecule has 4 nitrogen and oxygen atoms in total. The van der Waals surface area contributed by atoms with Gasteiger partial charge in [0.2, 0.25) is 0 Å². The molecule has 1 atom stereocenters. The standard InChI is InChI=1S/C14H18FNO3/c1-19-13(10-2-4-12(15)5-3-10)11-6-8-16(9-7-11)14(17)18/h2-5,11,13H,6-9H2,1H3,(H,17,18). The molecule has 0 radical (unpaired) electrons. The van der Waals surface area contributed by atoms with Crippen molar-refractivity contribution in [3.8, 4) is 0 Å². The summed E-state index contributed by atoms with van der Waals surface area (Å²) in [5.74, 6) is 0.00496. The minimum absolute atomic E-state index is 0.100. The average Bonchev–Trinajstić information content (AvgIpc) is 2.42. The summed E-state index contributed by atoms with van der Waals surface area (Å²) in [6.07, 6.45) is 0.565. The first-order chi connectivity index (χ1) is 9.11. The van der Waals surface area contributed by atoms with E-state index in [2.05, 4.69) is 0 Å². The highest BCUT2D eigenvalue weighted by molar-refractivity contribution is 5.64. The number of piperidine rings is 1. The van der Waals surface area contributed by atoms with Crippen molar-refractivity contribution in [1.29, 1.82) is 0 Å². The molecule has 104 valence electrons. The fraction of sp³-hybridized carbons (Fsp3) is 0.500. The van der Waals surface area contributed by atoms with E-state index >= 15 is 0 Å². The van der Waals surface area contributed by atoms with Crippen molar-refractivity contribution in [3.05, 3.63) is 35.6 Å². The van der Waals surface area contributed by atoms with Crippen molar-refractivity contribution in [3.63, 3.8) is 0 Å². The monoisotopic (exact) mass is 267 g/mol. The Morgan fingerprint density at radius 3 is 2.42 bits per heavy atom. The van der Waals surface area contributed by atoms with Crippen LogP contribution in [0.1, 0.15) is 24.5 Å². The lowest BCUT2D eigenvalue weighted by molar-refractivity contribution is 0.0215. The summed E-state index contributed by atoms with van der Waals surface area (Å²) in [6.45, 7) is 1.06. The van der Waals surface area contributed by atoms with Crippen molar-refractivity contribution < 1.29 is 19.0 Å². The zero-order valence-electron chi connectivity index (χ0n) is 10.9. The summed E-state index contributed by atoms with van der Waals surface area (Å²) in [4.78, 5) is 12.3. The molecule has 1 fully saturated rings. The molecule has 2 rings (SSSR count). The van der Waals surface area contributed by atoms with Gasteiger partial charge in [0, 0.05) is 20.2 Å². The second-order valence-electron chi connectivity index (χ2n) is 4.81. The number of carboxylic acid groups (broad SMARTS) is 1. The molecular weight excluding hydrogens is 249 g/mol. The summed E-state index contributed by atoms with van der Waals surface area (Å²) < 4.78 is 18.4. The van der Waals surface area contributed by atoms with E-state index < -0.39 is 6.09 Å². The molecule has 1 aliphatic heterocycles. The lowest BCUT2D eigenvalue weighted by Crippen LogP contribution is -2.39. The normalized spacial score (nSPS) is 18.3. The number of hydrogen-bond donors (Lipinski definition) is 1. The number of carbonyl (C=O) groups is 1. The van der Waals surface area contributed by atoms with Crippen LogP contribution in [0.25, 0.3) is 0 Å². The Morgan fingerprint density at radius 1 is 1.37 bits per heavy atom. The van der Waals surface area contributed by atoms with E-state index in [4.69, 9.17) is 9.84 Å². The fourth-order valence-corrected chi connectivity index (χ4v) is 2.65. The number of benzene rings is 1. The van der Waals surface area contributed by atoms with Gasteiger partial charge in [-0.05, 0) is 36.5 Å². The summed E-state index contributed by atoms with van der Waals surface area (Å²) >= 11 is 0. The number of rotatable bonds is 3. The van der Waals surface area contributed by atoms with E-state index in [9.17, 15) is 9.18 Å². The van der Waals surface area contributed by atoms with Gasteiger partial charge in [0.1, 0.15) is 5.82 Å². The summed E-state index contributed by atoms with van der Waals surface area (Å²) in [5, 5.41) is 8.92. The zero-order valence-corrected chi connectivity index (χ0v) is 10.9. The number of likely N-dealkylation sites (tertiary alicyclic amines) is 1. The molecule has 0 saturated carbocycles. The van der Waals surface area contributed by atoms with Crippen molar-refractivity contribution in [2.45, 2.75) is 18.9 Å². The molecule has 0 aliphatic carbocycles. The number of hydrogen-bond acceptors (Lipinski definition) is 2. The maximum Gasteiger partial charge on any atom is 0.407 e. The van der Waals surface area contributed by atoms with Crippen molar-refractivity contribution in [2.24, 2.45) is 5.92 Å². The molecule has 19 heavy (non-hydrogen) atoms. The molecule has 1 saturated heterocycles. The number of amides is 1. The third kappa shape index (κ3) is 3.23. The van der Waals surface area contributed by atoms with Gasteiger partial charge in [0.25, 0.3) is 0 Å². The predicted molar refractivity (Wildman–Crippen MR) is 68.5 cm³/mol. The van der Waals surface area contributed by atoms with Crippen LogP contribution in [0, 0.1) is 11.7 Å². The van der Waals surface area contributed by atoms with Gasteiger partial charge >= 0.3 is 6.09 Å². The molecular formula is C14H18FNO3. The van der Waals surface area contributed by atoms with Gasteiger partial charge in [-0.3, -0.25) is 0 Å². The highest BCUT2D eigenvalue weighted by Gasteiger charge is 2.29. The van der Waals surface area contributed by atoms with Gasteiger partial charge in [-0.2, -0.15) is 0 Å². The van der Waals surface area contributed by atoms with Crippen LogP contribution >= 0.6 is 0 Å². The lowest BCUT2D eigenvalue weighted by Gasteiger charge is -2.34. The Morgan fingerprint density at radius 2 is 1.95 bits per heavy atom. The van der Waals surface area contributed by atoms with E-state index in [1.165, 1.54) is 17.0 Å². The van der Waals surface area contributed by atoms with Crippen LogP contribution < -0.4 is 0 Å². The van der Waals surface area contributed by atoms with Crippen LogP contribution in [0.4, 0.5) is 9.18 Å². The number of methoxy groups -OCH3 is 1. The quantitative estimate of drug-likeness (QED) is 0.916. The number of halogens is 1. The topological polar surface area (TPSA) is 49.8 Å². The van der Waals surface area contributed by atoms with Crippen LogP contribution in [0.3, 0.4) is 0 Å². The Hall–Kier alpha value is -1.62. The first-order valence-electron chi connectivity index (χ1n) is 6.38. The Balaban J connectivity index is 2.03. The van der Waals surface area contributed by atoms with Gasteiger partial charge in [0.05, 0.1) is 6.10 Å². The minimum atomic E-state index is -0.866. The summed E-state index contributed by atoms with van der Waals surface area (Å²) in [5.41, 5.74) is 0.942. The van der Waals surface area contributed by atoms with Gasteiger partial charge in [-0.15, -0.1) is 0 Å². The maximum atomic E-state index is 12.9. The fourth-order valence-electron chi connectivity index (χ4n) is 2.65. The number of ether oxygens (including phenoxy) is 1. The molecule has 0 aromatic heterocycles. The van der Waals surface area contributed by atoms with Gasteiger partial charge in [-0.1, -0.05) is 12.1 Å². The highest BCUT2D eigenvalue weighted by atomic mass is 19.1. The SMILES string of the molecule is COC(c1ccc(F)cc1)C1CCN(C(=O)O)CC1. The lowest BCUT2D eigenvalue weighted by atomic mass is 9.87. The Bertz CT molecular complexity index is 427. The maximum absolute atomic E-state index is 12.9. The van der Waals surface area contributed by atoms with Crippen LogP contribution in [-0.2, 0) is 4.74 Å². The molecule has 1 amide bonds. The van der Waals surface area contributed by atoms with Crippen molar-refractivity contribution in [2.75, 3.05) is 20.2 Å². The van der Waals surface area contributed by atoms with Gasteiger partial charge in [-0.25, -0.2) is 9.18 Å². The van der Waals surface area contributed by atoms with Gasteiger partial charge < -0.3 is 14.7 Å². The first kappa shape index (κ1) is 13.8. The second-order valence-corrected chi connectivity index (χ2v) is 4.81. The third-order valence-electron chi connectivity index (χ3n) is 3.69. The molecule has 1 aromatic carbocycles. The Labute approximate surface area is 111 Å². The van der Waals surface area contributed by atoms with E-state index in [1.54, 1.807) is 19.2 Å². The second kappa shape index (κ2) is 6.02. The molecule has 1 aromatic rings. The molecule has 1 unspecified atom stereocenters. The number of nitrogens with zero attached hydrogens (tertiary/aromatic N) is 1. The van der Waals surface area contributed by atoms with E-state index in [1.807, 2.05) is 0 Å². The molecule has 1 heterocycles.